The summed E-state index contributed by atoms with van der Waals surface area (Å²) in [5, 5.41) is 18.1. The molecule has 0 saturated carbocycles. The van der Waals surface area contributed by atoms with Crippen molar-refractivity contribution in [3.8, 4) is 0 Å². The number of guanidine groups is 1. The lowest BCUT2D eigenvalue weighted by Gasteiger charge is -2.10. The molecular weight excluding hydrogens is 310 g/mol. The largest absolute Gasteiger partial charge is 0.356 e. The van der Waals surface area contributed by atoms with Gasteiger partial charge in [-0.05, 0) is 19.1 Å². The first-order chi connectivity index (χ1) is 11.3. The number of aryl methyl sites for hydroxylation is 1. The van der Waals surface area contributed by atoms with Crippen LogP contribution in [0, 0.1) is 6.92 Å². The Morgan fingerprint density at radius 1 is 1.30 bits per heavy atom. The highest BCUT2D eigenvalue weighted by Gasteiger charge is 2.05. The van der Waals surface area contributed by atoms with Crippen molar-refractivity contribution in [2.45, 2.75) is 19.9 Å². The van der Waals surface area contributed by atoms with Crippen LogP contribution in [0.25, 0.3) is 5.65 Å². The van der Waals surface area contributed by atoms with E-state index in [1.807, 2.05) is 35.7 Å². The summed E-state index contributed by atoms with van der Waals surface area (Å²) in [6.45, 7) is 3.36. The van der Waals surface area contributed by atoms with Gasteiger partial charge in [0.2, 0.25) is 0 Å². The Bertz CT molecular complexity index is 805. The van der Waals surface area contributed by atoms with Gasteiger partial charge in [-0.15, -0.1) is 21.5 Å². The molecule has 7 nitrogen and oxygen atoms in total. The van der Waals surface area contributed by atoms with Crippen LogP contribution >= 0.6 is 11.3 Å². The minimum atomic E-state index is 0.556. The number of fused-ring (bicyclic) bond motifs is 1. The minimum Gasteiger partial charge on any atom is -0.356 e. The van der Waals surface area contributed by atoms with Crippen LogP contribution in [0.15, 0.2) is 34.8 Å². The molecule has 0 aliphatic rings. The summed E-state index contributed by atoms with van der Waals surface area (Å²) in [4.78, 5) is 8.67. The lowest BCUT2D eigenvalue weighted by atomic mass is 10.3. The topological polar surface area (TPSA) is 79.5 Å². The zero-order valence-electron chi connectivity index (χ0n) is 13.2. The third-order valence-corrected chi connectivity index (χ3v) is 4.18. The average molecular weight is 329 g/mol. The monoisotopic (exact) mass is 329 g/mol. The van der Waals surface area contributed by atoms with Crippen molar-refractivity contribution < 1.29 is 0 Å². The molecule has 0 bridgehead atoms. The lowest BCUT2D eigenvalue weighted by Crippen LogP contribution is -2.38. The van der Waals surface area contributed by atoms with E-state index in [1.165, 1.54) is 0 Å². The maximum Gasteiger partial charge on any atom is 0.191 e. The minimum absolute atomic E-state index is 0.556. The van der Waals surface area contributed by atoms with Gasteiger partial charge in [0.15, 0.2) is 17.4 Å². The number of nitrogens with zero attached hydrogens (tertiary/aromatic N) is 5. The van der Waals surface area contributed by atoms with Crippen molar-refractivity contribution in [2.75, 3.05) is 13.6 Å². The molecule has 0 aliphatic heterocycles. The van der Waals surface area contributed by atoms with Crippen LogP contribution in [0.5, 0.6) is 0 Å². The third-order valence-electron chi connectivity index (χ3n) is 3.36. The Morgan fingerprint density at radius 2 is 2.22 bits per heavy atom. The molecule has 0 aromatic carbocycles. The number of pyridine rings is 1. The van der Waals surface area contributed by atoms with E-state index in [9.17, 15) is 0 Å². The summed E-state index contributed by atoms with van der Waals surface area (Å²) in [6, 6.07) is 5.84. The second kappa shape index (κ2) is 7.19. The van der Waals surface area contributed by atoms with Crippen molar-refractivity contribution in [3.05, 3.63) is 46.3 Å². The van der Waals surface area contributed by atoms with E-state index in [2.05, 4.69) is 36.2 Å². The Kier molecular flexibility index (Phi) is 4.82. The molecule has 0 amide bonds. The molecular formula is C15H19N7S. The van der Waals surface area contributed by atoms with E-state index in [-0.39, 0.29) is 0 Å². The van der Waals surface area contributed by atoms with Gasteiger partial charge < -0.3 is 10.6 Å². The van der Waals surface area contributed by atoms with Crippen LogP contribution < -0.4 is 10.6 Å². The number of aromatic nitrogens is 4. The van der Waals surface area contributed by atoms with Gasteiger partial charge in [0.25, 0.3) is 0 Å². The second-order valence-electron chi connectivity index (χ2n) is 5.01. The standard InChI is InChI=1S/C15H19N7S/c1-11-19-12(10-23-11)6-7-17-15(16-2)18-9-14-21-20-13-5-3-4-8-22(13)14/h3-5,8,10H,6-7,9H2,1-2H3,(H2,16,17,18). The van der Waals surface area contributed by atoms with Crippen LogP contribution in [0.1, 0.15) is 16.5 Å². The summed E-state index contributed by atoms with van der Waals surface area (Å²) in [7, 11) is 1.75. The molecule has 8 heteroatoms. The highest BCUT2D eigenvalue weighted by Crippen LogP contribution is 2.07. The fraction of sp³-hybridized carbons (Fsp3) is 0.333. The van der Waals surface area contributed by atoms with Gasteiger partial charge in [-0.3, -0.25) is 9.39 Å². The maximum atomic E-state index is 4.45. The molecule has 0 atom stereocenters. The molecule has 0 fully saturated rings. The van der Waals surface area contributed by atoms with E-state index in [4.69, 9.17) is 0 Å². The van der Waals surface area contributed by atoms with E-state index < -0.39 is 0 Å². The Hall–Kier alpha value is -2.48. The average Bonchev–Trinajstić information content (AvgIpc) is 3.17. The molecule has 0 aliphatic carbocycles. The van der Waals surface area contributed by atoms with Crippen molar-refractivity contribution >= 4 is 22.9 Å². The first-order valence-corrected chi connectivity index (χ1v) is 8.28. The fourth-order valence-corrected chi connectivity index (χ4v) is 2.87. The summed E-state index contributed by atoms with van der Waals surface area (Å²) < 4.78 is 1.96. The first-order valence-electron chi connectivity index (χ1n) is 7.40. The molecule has 3 aromatic rings. The smallest absolute Gasteiger partial charge is 0.191 e. The van der Waals surface area contributed by atoms with Gasteiger partial charge in [0.05, 0.1) is 17.2 Å². The molecule has 23 heavy (non-hydrogen) atoms. The number of rotatable bonds is 5. The summed E-state index contributed by atoms with van der Waals surface area (Å²) in [5.41, 5.74) is 1.95. The number of nitrogens with one attached hydrogen (secondary N) is 2. The Labute approximate surface area is 138 Å². The van der Waals surface area contributed by atoms with Gasteiger partial charge in [0, 0.05) is 31.6 Å². The van der Waals surface area contributed by atoms with Crippen LogP contribution in [0.3, 0.4) is 0 Å². The van der Waals surface area contributed by atoms with E-state index >= 15 is 0 Å². The maximum absolute atomic E-state index is 4.45. The van der Waals surface area contributed by atoms with E-state index in [0.717, 1.165) is 41.1 Å². The van der Waals surface area contributed by atoms with Crippen LogP contribution in [0.4, 0.5) is 0 Å². The predicted octanol–water partition coefficient (Wildman–Crippen LogP) is 1.40. The molecule has 120 valence electrons. The predicted molar refractivity (Wildman–Crippen MR) is 91.7 cm³/mol. The van der Waals surface area contributed by atoms with Crippen molar-refractivity contribution in [2.24, 2.45) is 4.99 Å². The van der Waals surface area contributed by atoms with E-state index in [0.29, 0.717) is 6.54 Å². The zero-order valence-corrected chi connectivity index (χ0v) is 14.0. The number of aliphatic imine (C=N–C) groups is 1. The molecule has 0 spiro atoms. The Balaban J connectivity index is 1.51. The first kappa shape index (κ1) is 15.4. The molecule has 2 N–H and O–H groups in total. The molecule has 0 unspecified atom stereocenters. The van der Waals surface area contributed by atoms with Crippen LogP contribution in [-0.4, -0.2) is 39.1 Å². The van der Waals surface area contributed by atoms with Crippen molar-refractivity contribution in [3.63, 3.8) is 0 Å². The normalized spacial score (nSPS) is 11.8. The van der Waals surface area contributed by atoms with Crippen LogP contribution in [0.2, 0.25) is 0 Å². The molecule has 3 aromatic heterocycles. The van der Waals surface area contributed by atoms with Gasteiger partial charge in [-0.1, -0.05) is 6.07 Å². The summed E-state index contributed by atoms with van der Waals surface area (Å²) in [5.74, 6) is 1.59. The number of thiazole rings is 1. The van der Waals surface area contributed by atoms with Gasteiger partial charge >= 0.3 is 0 Å². The molecule has 0 saturated heterocycles. The quantitative estimate of drug-likeness (QED) is 0.546. The van der Waals surface area contributed by atoms with E-state index in [1.54, 1.807) is 18.4 Å². The summed E-state index contributed by atoms with van der Waals surface area (Å²) in [6.07, 6.45) is 2.83. The summed E-state index contributed by atoms with van der Waals surface area (Å²) >= 11 is 1.68. The van der Waals surface area contributed by atoms with Gasteiger partial charge in [0.1, 0.15) is 0 Å². The highest BCUT2D eigenvalue weighted by molar-refractivity contribution is 7.09. The number of hydrogen-bond donors (Lipinski definition) is 2. The lowest BCUT2D eigenvalue weighted by molar-refractivity contribution is 0.753. The molecule has 3 heterocycles. The Morgan fingerprint density at radius 3 is 3.00 bits per heavy atom. The zero-order chi connectivity index (χ0) is 16.1. The van der Waals surface area contributed by atoms with Crippen LogP contribution in [-0.2, 0) is 13.0 Å². The number of hydrogen-bond acceptors (Lipinski definition) is 5. The second-order valence-corrected chi connectivity index (χ2v) is 6.07. The van der Waals surface area contributed by atoms with Crippen molar-refractivity contribution in [1.29, 1.82) is 0 Å². The highest BCUT2D eigenvalue weighted by atomic mass is 32.1. The fourth-order valence-electron chi connectivity index (χ4n) is 2.23. The van der Waals surface area contributed by atoms with Gasteiger partial charge in [-0.25, -0.2) is 4.98 Å². The molecule has 3 rings (SSSR count). The molecule has 0 radical (unpaired) electrons. The SMILES string of the molecule is CN=C(NCCc1csc(C)n1)NCc1nnc2ccccn12. The van der Waals surface area contributed by atoms with Crippen molar-refractivity contribution in [1.82, 2.24) is 30.2 Å². The third kappa shape index (κ3) is 3.84. The van der Waals surface area contributed by atoms with Gasteiger partial charge in [-0.2, -0.15) is 0 Å².